The summed E-state index contributed by atoms with van der Waals surface area (Å²) < 4.78 is 0. The van der Waals surface area contributed by atoms with E-state index in [1.54, 1.807) is 24.3 Å². The fraction of sp³-hybridized carbons (Fsp3) is 0.417. The van der Waals surface area contributed by atoms with Crippen LogP contribution in [0.1, 0.15) is 10.4 Å². The third kappa shape index (κ3) is 4.42. The molecular formula is C12H19N3O. The van der Waals surface area contributed by atoms with Crippen LogP contribution in [0.2, 0.25) is 0 Å². The first-order valence-corrected chi connectivity index (χ1v) is 5.34. The minimum absolute atomic E-state index is 0.0961. The van der Waals surface area contributed by atoms with Crippen LogP contribution in [0.3, 0.4) is 0 Å². The van der Waals surface area contributed by atoms with Crippen LogP contribution in [-0.2, 0) is 0 Å². The van der Waals surface area contributed by atoms with E-state index in [1.807, 2.05) is 14.1 Å². The number of nitrogens with zero attached hydrogens (tertiary/aromatic N) is 1. The standard InChI is InChI=1S/C12H19N3O/c1-15(2)8-7-14-9-12(16)10-3-5-11(13)6-4-10/h3-6,14H,7-9,13H2,1-2H3. The Morgan fingerprint density at radius 2 is 1.94 bits per heavy atom. The summed E-state index contributed by atoms with van der Waals surface area (Å²) in [6.45, 7) is 2.11. The highest BCUT2D eigenvalue weighted by Crippen LogP contribution is 2.05. The molecule has 0 saturated carbocycles. The van der Waals surface area contributed by atoms with Crippen LogP contribution in [0.25, 0.3) is 0 Å². The largest absolute Gasteiger partial charge is 0.399 e. The lowest BCUT2D eigenvalue weighted by atomic mass is 10.1. The summed E-state index contributed by atoms with van der Waals surface area (Å²) in [6, 6.07) is 7.00. The Morgan fingerprint density at radius 1 is 1.31 bits per heavy atom. The second-order valence-corrected chi connectivity index (χ2v) is 4.03. The Balaban J connectivity index is 2.32. The number of anilines is 1. The molecule has 0 aliphatic carbocycles. The Kier molecular flexibility index (Phi) is 4.95. The molecule has 4 nitrogen and oxygen atoms in total. The highest BCUT2D eigenvalue weighted by molar-refractivity contribution is 5.97. The predicted octanol–water partition coefficient (Wildman–Crippen LogP) is 0.603. The first-order valence-electron chi connectivity index (χ1n) is 5.34. The molecule has 16 heavy (non-hydrogen) atoms. The zero-order valence-corrected chi connectivity index (χ0v) is 9.86. The first kappa shape index (κ1) is 12.7. The minimum Gasteiger partial charge on any atom is -0.399 e. The van der Waals surface area contributed by atoms with Crippen molar-refractivity contribution in [1.82, 2.24) is 10.2 Å². The van der Waals surface area contributed by atoms with Gasteiger partial charge in [0.05, 0.1) is 6.54 Å². The molecule has 1 aromatic carbocycles. The Labute approximate surface area is 96.4 Å². The van der Waals surface area contributed by atoms with Crippen LogP contribution >= 0.6 is 0 Å². The van der Waals surface area contributed by atoms with Crippen molar-refractivity contribution in [3.05, 3.63) is 29.8 Å². The molecule has 88 valence electrons. The Bertz CT molecular complexity index is 333. The molecule has 0 unspecified atom stereocenters. The van der Waals surface area contributed by atoms with Crippen LogP contribution in [-0.4, -0.2) is 44.4 Å². The number of hydrogen-bond donors (Lipinski definition) is 2. The highest BCUT2D eigenvalue weighted by Gasteiger charge is 2.04. The van der Waals surface area contributed by atoms with E-state index in [-0.39, 0.29) is 5.78 Å². The van der Waals surface area contributed by atoms with Gasteiger partial charge in [-0.15, -0.1) is 0 Å². The first-order chi connectivity index (χ1) is 7.59. The zero-order chi connectivity index (χ0) is 12.0. The van der Waals surface area contributed by atoms with Crippen molar-refractivity contribution in [3.8, 4) is 0 Å². The van der Waals surface area contributed by atoms with E-state index in [4.69, 9.17) is 5.73 Å². The smallest absolute Gasteiger partial charge is 0.176 e. The number of nitrogens with one attached hydrogen (secondary N) is 1. The average Bonchev–Trinajstić information content (AvgIpc) is 2.25. The molecule has 0 fully saturated rings. The molecule has 0 spiro atoms. The van der Waals surface area contributed by atoms with Crippen molar-refractivity contribution >= 4 is 11.5 Å². The molecule has 0 aliphatic heterocycles. The van der Waals surface area contributed by atoms with Crippen LogP contribution in [0.15, 0.2) is 24.3 Å². The number of carbonyl (C=O) groups is 1. The molecule has 0 radical (unpaired) electrons. The number of nitrogen functional groups attached to an aromatic ring is 1. The summed E-state index contributed by atoms with van der Waals surface area (Å²) in [5, 5.41) is 3.11. The zero-order valence-electron chi connectivity index (χ0n) is 9.86. The fourth-order valence-electron chi connectivity index (χ4n) is 1.28. The van der Waals surface area contributed by atoms with E-state index in [0.717, 1.165) is 13.1 Å². The molecule has 1 rings (SSSR count). The summed E-state index contributed by atoms with van der Waals surface area (Å²) in [5.41, 5.74) is 6.93. The van der Waals surface area contributed by atoms with E-state index in [9.17, 15) is 4.79 Å². The van der Waals surface area contributed by atoms with Gasteiger partial charge in [0, 0.05) is 24.3 Å². The van der Waals surface area contributed by atoms with E-state index in [0.29, 0.717) is 17.8 Å². The van der Waals surface area contributed by atoms with Gasteiger partial charge in [0.2, 0.25) is 0 Å². The van der Waals surface area contributed by atoms with Gasteiger partial charge in [0.1, 0.15) is 0 Å². The molecule has 0 aliphatic rings. The van der Waals surface area contributed by atoms with Gasteiger partial charge in [-0.2, -0.15) is 0 Å². The predicted molar refractivity (Wildman–Crippen MR) is 66.6 cm³/mol. The average molecular weight is 221 g/mol. The number of benzene rings is 1. The van der Waals surface area contributed by atoms with Gasteiger partial charge in [-0.1, -0.05) is 0 Å². The van der Waals surface area contributed by atoms with Gasteiger partial charge in [0.25, 0.3) is 0 Å². The second kappa shape index (κ2) is 6.25. The van der Waals surface area contributed by atoms with Crippen LogP contribution in [0, 0.1) is 0 Å². The maximum Gasteiger partial charge on any atom is 0.176 e. The Hall–Kier alpha value is -1.39. The summed E-state index contributed by atoms with van der Waals surface area (Å²) in [7, 11) is 4.01. The van der Waals surface area contributed by atoms with Crippen molar-refractivity contribution < 1.29 is 4.79 Å². The normalized spacial score (nSPS) is 10.7. The van der Waals surface area contributed by atoms with Gasteiger partial charge in [0.15, 0.2) is 5.78 Å². The number of rotatable bonds is 6. The van der Waals surface area contributed by atoms with Crippen molar-refractivity contribution in [2.75, 3.05) is 39.5 Å². The van der Waals surface area contributed by atoms with Crippen molar-refractivity contribution in [3.63, 3.8) is 0 Å². The van der Waals surface area contributed by atoms with Crippen molar-refractivity contribution in [2.45, 2.75) is 0 Å². The lowest BCUT2D eigenvalue weighted by Crippen LogP contribution is -2.30. The topological polar surface area (TPSA) is 58.4 Å². The summed E-state index contributed by atoms with van der Waals surface area (Å²) in [6.07, 6.45) is 0. The molecule has 0 amide bonds. The van der Waals surface area contributed by atoms with Gasteiger partial charge in [-0.3, -0.25) is 4.79 Å². The molecule has 3 N–H and O–H groups in total. The molecule has 1 aromatic rings. The van der Waals surface area contributed by atoms with E-state index < -0.39 is 0 Å². The van der Waals surface area contributed by atoms with Crippen molar-refractivity contribution in [2.24, 2.45) is 0 Å². The summed E-state index contributed by atoms with van der Waals surface area (Å²) in [4.78, 5) is 13.8. The highest BCUT2D eigenvalue weighted by atomic mass is 16.1. The number of likely N-dealkylation sites (N-methyl/N-ethyl adjacent to an activating group) is 1. The fourth-order valence-corrected chi connectivity index (χ4v) is 1.28. The number of ketones is 1. The number of hydrogen-bond acceptors (Lipinski definition) is 4. The minimum atomic E-state index is 0.0961. The molecule has 0 aromatic heterocycles. The van der Waals surface area contributed by atoms with Gasteiger partial charge >= 0.3 is 0 Å². The van der Waals surface area contributed by atoms with E-state index >= 15 is 0 Å². The van der Waals surface area contributed by atoms with Crippen LogP contribution < -0.4 is 11.1 Å². The quantitative estimate of drug-likeness (QED) is 0.419. The second-order valence-electron chi connectivity index (χ2n) is 4.03. The number of Topliss-reactive ketones (excluding diaryl/α,β-unsaturated/α-hetero) is 1. The number of nitrogens with two attached hydrogens (primary N) is 1. The van der Waals surface area contributed by atoms with Gasteiger partial charge in [-0.25, -0.2) is 0 Å². The van der Waals surface area contributed by atoms with Crippen molar-refractivity contribution in [1.29, 1.82) is 0 Å². The molecule has 0 saturated heterocycles. The lowest BCUT2D eigenvalue weighted by Gasteiger charge is -2.09. The molecule has 0 atom stereocenters. The lowest BCUT2D eigenvalue weighted by molar-refractivity contribution is 0.0990. The monoisotopic (exact) mass is 221 g/mol. The molecular weight excluding hydrogens is 202 g/mol. The van der Waals surface area contributed by atoms with E-state index in [2.05, 4.69) is 10.2 Å². The SMILES string of the molecule is CN(C)CCNCC(=O)c1ccc(N)cc1. The van der Waals surface area contributed by atoms with Crippen LogP contribution in [0.5, 0.6) is 0 Å². The van der Waals surface area contributed by atoms with Gasteiger partial charge < -0.3 is 16.0 Å². The summed E-state index contributed by atoms with van der Waals surface area (Å²) >= 11 is 0. The third-order valence-corrected chi connectivity index (χ3v) is 2.25. The molecule has 0 heterocycles. The maximum absolute atomic E-state index is 11.7. The molecule has 4 heteroatoms. The third-order valence-electron chi connectivity index (χ3n) is 2.25. The van der Waals surface area contributed by atoms with Gasteiger partial charge in [-0.05, 0) is 38.4 Å². The summed E-state index contributed by atoms with van der Waals surface area (Å²) in [5.74, 6) is 0.0961. The number of carbonyl (C=O) groups excluding carboxylic acids is 1. The maximum atomic E-state index is 11.7. The van der Waals surface area contributed by atoms with E-state index in [1.165, 1.54) is 0 Å². The Morgan fingerprint density at radius 3 is 2.50 bits per heavy atom. The van der Waals surface area contributed by atoms with Crippen LogP contribution in [0.4, 0.5) is 5.69 Å². The molecule has 0 bridgehead atoms.